The summed E-state index contributed by atoms with van der Waals surface area (Å²) < 4.78 is 19.3. The van der Waals surface area contributed by atoms with Gasteiger partial charge in [0.2, 0.25) is 0 Å². The Kier molecular flexibility index (Phi) is 6.27. The lowest BCUT2D eigenvalue weighted by atomic mass is 9.95. The Morgan fingerprint density at radius 1 is 1.00 bits per heavy atom. The molecule has 168 valence electrons. The number of halogens is 1. The minimum absolute atomic E-state index is 0.0310. The summed E-state index contributed by atoms with van der Waals surface area (Å²) in [5.74, 6) is -1.46. The largest absolute Gasteiger partial charge is 0.507 e. The molecule has 0 radical (unpaired) electrons. The first-order valence-corrected chi connectivity index (χ1v) is 10.7. The molecule has 0 bridgehead atoms. The summed E-state index contributed by atoms with van der Waals surface area (Å²) in [6.45, 7) is 4.56. The molecule has 4 rings (SSSR count). The fourth-order valence-corrected chi connectivity index (χ4v) is 3.80. The summed E-state index contributed by atoms with van der Waals surface area (Å²) in [4.78, 5) is 27.5. The number of benzene rings is 3. The molecule has 1 saturated heterocycles. The first-order valence-electron chi connectivity index (χ1n) is 10.7. The summed E-state index contributed by atoms with van der Waals surface area (Å²) in [5.41, 5.74) is 1.35. The average molecular weight is 445 g/mol. The molecule has 1 amide bonds. The van der Waals surface area contributed by atoms with Gasteiger partial charge in [0.05, 0.1) is 18.2 Å². The van der Waals surface area contributed by atoms with E-state index in [1.54, 1.807) is 48.5 Å². The molecule has 3 aromatic carbocycles. The van der Waals surface area contributed by atoms with Crippen molar-refractivity contribution in [3.8, 4) is 5.75 Å². The van der Waals surface area contributed by atoms with Crippen LogP contribution in [0.4, 0.5) is 10.1 Å². The number of ether oxygens (including phenoxy) is 1. The van der Waals surface area contributed by atoms with E-state index < -0.39 is 23.5 Å². The van der Waals surface area contributed by atoms with Crippen LogP contribution in [0.25, 0.3) is 5.76 Å². The molecular formula is C27H24FNO4. The van der Waals surface area contributed by atoms with Crippen LogP contribution in [-0.2, 0) is 9.59 Å². The van der Waals surface area contributed by atoms with Crippen LogP contribution >= 0.6 is 0 Å². The third-order valence-electron chi connectivity index (χ3n) is 5.36. The van der Waals surface area contributed by atoms with Gasteiger partial charge in [0.25, 0.3) is 11.7 Å². The molecule has 5 nitrogen and oxygen atoms in total. The second-order valence-corrected chi connectivity index (χ2v) is 8.29. The predicted octanol–water partition coefficient (Wildman–Crippen LogP) is 5.49. The molecule has 1 unspecified atom stereocenters. The average Bonchev–Trinajstić information content (AvgIpc) is 3.09. The van der Waals surface area contributed by atoms with E-state index in [9.17, 15) is 19.1 Å². The molecule has 6 heteroatoms. The number of carbonyl (C=O) groups excluding carboxylic acids is 2. The zero-order valence-electron chi connectivity index (χ0n) is 18.4. The molecule has 1 heterocycles. The highest BCUT2D eigenvalue weighted by Crippen LogP contribution is 2.42. The number of aliphatic hydroxyl groups is 1. The Morgan fingerprint density at radius 3 is 2.36 bits per heavy atom. The molecule has 0 spiro atoms. The van der Waals surface area contributed by atoms with E-state index in [2.05, 4.69) is 0 Å². The molecule has 1 fully saturated rings. The Bertz CT molecular complexity index is 1200. The Balaban J connectivity index is 1.84. The van der Waals surface area contributed by atoms with Crippen LogP contribution in [0.1, 0.15) is 31.0 Å². The maximum atomic E-state index is 13.5. The molecule has 1 aliphatic rings. The summed E-state index contributed by atoms with van der Waals surface area (Å²) in [7, 11) is 0. The van der Waals surface area contributed by atoms with E-state index >= 15 is 0 Å². The number of hydrogen-bond donors (Lipinski definition) is 1. The Labute approximate surface area is 191 Å². The third-order valence-corrected chi connectivity index (χ3v) is 5.36. The van der Waals surface area contributed by atoms with E-state index in [-0.39, 0.29) is 11.3 Å². The smallest absolute Gasteiger partial charge is 0.300 e. The van der Waals surface area contributed by atoms with Crippen LogP contribution in [0, 0.1) is 11.7 Å². The van der Waals surface area contributed by atoms with E-state index in [0.717, 1.165) is 0 Å². The van der Waals surface area contributed by atoms with Crippen molar-refractivity contribution in [1.29, 1.82) is 0 Å². The maximum absolute atomic E-state index is 13.5. The van der Waals surface area contributed by atoms with Crippen molar-refractivity contribution in [2.75, 3.05) is 11.5 Å². The topological polar surface area (TPSA) is 66.8 Å². The van der Waals surface area contributed by atoms with E-state index in [0.29, 0.717) is 35.1 Å². The molecule has 0 aliphatic carbocycles. The lowest BCUT2D eigenvalue weighted by Gasteiger charge is -2.25. The summed E-state index contributed by atoms with van der Waals surface area (Å²) in [6, 6.07) is 20.2. The van der Waals surface area contributed by atoms with Crippen LogP contribution < -0.4 is 9.64 Å². The van der Waals surface area contributed by atoms with Gasteiger partial charge < -0.3 is 9.84 Å². The van der Waals surface area contributed by atoms with Crippen molar-refractivity contribution in [2.24, 2.45) is 5.92 Å². The van der Waals surface area contributed by atoms with Crippen LogP contribution in [0.3, 0.4) is 0 Å². The van der Waals surface area contributed by atoms with Crippen molar-refractivity contribution in [3.05, 3.63) is 101 Å². The van der Waals surface area contributed by atoms with Gasteiger partial charge in [0.1, 0.15) is 17.3 Å². The molecule has 3 aromatic rings. The number of nitrogens with zero attached hydrogens (tertiary/aromatic N) is 1. The van der Waals surface area contributed by atoms with Gasteiger partial charge in [-0.25, -0.2) is 4.39 Å². The Hall–Kier alpha value is -3.93. The molecule has 33 heavy (non-hydrogen) atoms. The third kappa shape index (κ3) is 4.51. The van der Waals surface area contributed by atoms with Crippen LogP contribution in [-0.4, -0.2) is 23.4 Å². The van der Waals surface area contributed by atoms with Crippen LogP contribution in [0.2, 0.25) is 0 Å². The molecule has 1 atom stereocenters. The van der Waals surface area contributed by atoms with Gasteiger partial charge in [0.15, 0.2) is 0 Å². The van der Waals surface area contributed by atoms with Gasteiger partial charge in [-0.1, -0.05) is 56.3 Å². The van der Waals surface area contributed by atoms with Gasteiger partial charge in [-0.2, -0.15) is 0 Å². The van der Waals surface area contributed by atoms with Gasteiger partial charge in [-0.05, 0) is 47.9 Å². The molecular weight excluding hydrogens is 421 g/mol. The fourth-order valence-electron chi connectivity index (χ4n) is 3.80. The van der Waals surface area contributed by atoms with Gasteiger partial charge in [-0.3, -0.25) is 14.5 Å². The highest BCUT2D eigenvalue weighted by molar-refractivity contribution is 6.51. The Morgan fingerprint density at radius 2 is 1.70 bits per heavy atom. The maximum Gasteiger partial charge on any atom is 0.300 e. The number of carbonyl (C=O) groups is 2. The lowest BCUT2D eigenvalue weighted by molar-refractivity contribution is -0.132. The van der Waals surface area contributed by atoms with E-state index in [4.69, 9.17) is 4.74 Å². The van der Waals surface area contributed by atoms with E-state index in [1.807, 2.05) is 19.9 Å². The summed E-state index contributed by atoms with van der Waals surface area (Å²) in [6.07, 6.45) is 0. The summed E-state index contributed by atoms with van der Waals surface area (Å²) in [5, 5.41) is 11.2. The molecule has 1 aliphatic heterocycles. The normalized spacial score (nSPS) is 17.6. The minimum atomic E-state index is -0.864. The molecule has 1 N–H and O–H groups in total. The first-order chi connectivity index (χ1) is 15.9. The van der Waals surface area contributed by atoms with Crippen molar-refractivity contribution in [2.45, 2.75) is 19.9 Å². The number of rotatable bonds is 6. The highest BCUT2D eigenvalue weighted by Gasteiger charge is 2.46. The monoisotopic (exact) mass is 445 g/mol. The zero-order valence-corrected chi connectivity index (χ0v) is 18.4. The van der Waals surface area contributed by atoms with Crippen molar-refractivity contribution < 1.29 is 23.8 Å². The SMILES string of the molecule is CC(C)COc1cccc(/C(O)=C2/C(=O)C(=O)N(c3ccc(F)cc3)C2c2ccccc2)c1. The second-order valence-electron chi connectivity index (χ2n) is 8.29. The number of amides is 1. The highest BCUT2D eigenvalue weighted by atomic mass is 19.1. The minimum Gasteiger partial charge on any atom is -0.507 e. The standard InChI is InChI=1S/C27H24FNO4/c1-17(2)16-33-22-10-6-9-19(15-22)25(30)23-24(18-7-4-3-5-8-18)29(27(32)26(23)31)21-13-11-20(28)12-14-21/h3-15,17,24,30H,16H2,1-2H3/b25-23-. The number of anilines is 1. The number of aliphatic hydroxyl groups excluding tert-OH is 1. The van der Waals surface area contributed by atoms with Crippen LogP contribution in [0.5, 0.6) is 5.75 Å². The van der Waals surface area contributed by atoms with Crippen molar-refractivity contribution in [3.63, 3.8) is 0 Å². The van der Waals surface area contributed by atoms with Crippen molar-refractivity contribution >= 4 is 23.1 Å². The summed E-state index contributed by atoms with van der Waals surface area (Å²) >= 11 is 0. The van der Waals surface area contributed by atoms with Gasteiger partial charge >= 0.3 is 0 Å². The quantitative estimate of drug-likeness (QED) is 0.310. The van der Waals surface area contributed by atoms with Gasteiger partial charge in [-0.15, -0.1) is 0 Å². The molecule has 0 aromatic heterocycles. The lowest BCUT2D eigenvalue weighted by Crippen LogP contribution is -2.29. The number of Topliss-reactive ketones (excluding diaryl/α,β-unsaturated/α-hetero) is 1. The van der Waals surface area contributed by atoms with Crippen LogP contribution in [0.15, 0.2) is 84.4 Å². The predicted molar refractivity (Wildman–Crippen MR) is 124 cm³/mol. The van der Waals surface area contributed by atoms with Crippen molar-refractivity contribution in [1.82, 2.24) is 0 Å². The fraction of sp³-hybridized carbons (Fsp3) is 0.185. The zero-order chi connectivity index (χ0) is 23.5. The number of ketones is 1. The molecule has 0 saturated carbocycles. The number of hydrogen-bond acceptors (Lipinski definition) is 4. The second kappa shape index (κ2) is 9.28. The van der Waals surface area contributed by atoms with Gasteiger partial charge in [0, 0.05) is 11.3 Å². The first kappa shape index (κ1) is 22.3. The van der Waals surface area contributed by atoms with E-state index in [1.165, 1.54) is 29.2 Å².